The Bertz CT molecular complexity index is 800. The lowest BCUT2D eigenvalue weighted by atomic mass is 10.3. The zero-order chi connectivity index (χ0) is 18.2. The number of furan rings is 1. The third-order valence-corrected chi connectivity index (χ3v) is 5.01. The molecule has 0 aliphatic heterocycles. The van der Waals surface area contributed by atoms with Crippen molar-refractivity contribution in [2.75, 3.05) is 6.54 Å². The van der Waals surface area contributed by atoms with Crippen LogP contribution in [0.5, 0.6) is 0 Å². The van der Waals surface area contributed by atoms with Crippen LogP contribution in [0.15, 0.2) is 51.6 Å². The predicted molar refractivity (Wildman–Crippen MR) is 119 cm³/mol. The quantitative estimate of drug-likeness (QED) is 0.281. The molecule has 3 aromatic rings. The van der Waals surface area contributed by atoms with E-state index >= 15 is 0 Å². The lowest BCUT2D eigenvalue weighted by Crippen LogP contribution is -2.40. The molecule has 9 heteroatoms. The zero-order valence-electron chi connectivity index (χ0n) is 15.5. The average molecular weight is 500 g/mol. The molecule has 0 bridgehead atoms. The lowest BCUT2D eigenvalue weighted by Gasteiger charge is -2.17. The molecule has 1 atom stereocenters. The fourth-order valence-electron chi connectivity index (χ4n) is 2.56. The van der Waals surface area contributed by atoms with Crippen LogP contribution in [-0.2, 0) is 19.5 Å². The van der Waals surface area contributed by atoms with Crippen LogP contribution in [0.4, 0.5) is 0 Å². The van der Waals surface area contributed by atoms with Crippen LogP contribution in [0, 0.1) is 0 Å². The minimum atomic E-state index is 0. The third-order valence-electron chi connectivity index (χ3n) is 3.95. The summed E-state index contributed by atoms with van der Waals surface area (Å²) in [5.74, 6) is 2.58. The maximum atomic E-state index is 5.37. The van der Waals surface area contributed by atoms with E-state index in [0.717, 1.165) is 37.1 Å². The molecule has 0 saturated heterocycles. The normalized spacial score (nSPS) is 12.4. The molecule has 0 aliphatic carbocycles. The van der Waals surface area contributed by atoms with Gasteiger partial charge in [0.1, 0.15) is 24.5 Å². The van der Waals surface area contributed by atoms with Gasteiger partial charge in [0.05, 0.1) is 12.3 Å². The SMILES string of the molecule is CCc1nncn1CCNC(=NCc1ccco1)NC(C)c1cccs1.I. The van der Waals surface area contributed by atoms with Gasteiger partial charge in [-0.05, 0) is 30.5 Å². The van der Waals surface area contributed by atoms with E-state index in [0.29, 0.717) is 6.54 Å². The Hall–Kier alpha value is -1.88. The predicted octanol–water partition coefficient (Wildman–Crippen LogP) is 3.61. The number of guanidine groups is 1. The van der Waals surface area contributed by atoms with E-state index in [9.17, 15) is 0 Å². The van der Waals surface area contributed by atoms with Crippen LogP contribution < -0.4 is 10.6 Å². The molecule has 2 N–H and O–H groups in total. The molecule has 7 nitrogen and oxygen atoms in total. The van der Waals surface area contributed by atoms with Gasteiger partial charge < -0.3 is 19.6 Å². The van der Waals surface area contributed by atoms with E-state index in [1.165, 1.54) is 4.88 Å². The van der Waals surface area contributed by atoms with E-state index < -0.39 is 0 Å². The van der Waals surface area contributed by atoms with Crippen LogP contribution >= 0.6 is 35.3 Å². The Morgan fingerprint density at radius 1 is 1.37 bits per heavy atom. The molecule has 27 heavy (non-hydrogen) atoms. The molecule has 3 rings (SSSR count). The summed E-state index contributed by atoms with van der Waals surface area (Å²) >= 11 is 1.73. The molecular weight excluding hydrogens is 475 g/mol. The van der Waals surface area contributed by atoms with Crippen LogP contribution in [0.1, 0.15) is 36.4 Å². The molecule has 3 heterocycles. The van der Waals surface area contributed by atoms with Gasteiger partial charge >= 0.3 is 0 Å². The van der Waals surface area contributed by atoms with E-state index in [1.54, 1.807) is 23.9 Å². The standard InChI is InChI=1S/C18H24N6OS.HI/c1-3-17-23-21-13-24(17)9-8-19-18(20-12-15-6-4-10-25-15)22-14(2)16-7-5-11-26-16;/h4-7,10-11,13-14H,3,8-9,12H2,1-2H3,(H2,19,20,22);1H. The van der Waals surface area contributed by atoms with Gasteiger partial charge in [0.25, 0.3) is 0 Å². The van der Waals surface area contributed by atoms with Gasteiger partial charge in [-0.15, -0.1) is 45.5 Å². The van der Waals surface area contributed by atoms with Crippen LogP contribution in [0.3, 0.4) is 0 Å². The molecular formula is C18H25IN6OS. The van der Waals surface area contributed by atoms with Crippen molar-refractivity contribution in [3.63, 3.8) is 0 Å². The van der Waals surface area contributed by atoms with E-state index in [2.05, 4.69) is 61.8 Å². The molecule has 0 amide bonds. The first kappa shape index (κ1) is 21.4. The summed E-state index contributed by atoms with van der Waals surface area (Å²) in [5.41, 5.74) is 0. The maximum absolute atomic E-state index is 5.37. The number of thiophene rings is 1. The second kappa shape index (κ2) is 11.1. The maximum Gasteiger partial charge on any atom is 0.192 e. The molecule has 146 valence electrons. The number of aryl methyl sites for hydroxylation is 1. The Balaban J connectivity index is 0.00000261. The number of aromatic nitrogens is 3. The third kappa shape index (κ3) is 6.35. The number of halogens is 1. The molecule has 0 spiro atoms. The molecule has 1 unspecified atom stereocenters. The van der Waals surface area contributed by atoms with E-state index in [-0.39, 0.29) is 30.0 Å². The Labute approximate surface area is 180 Å². The highest BCUT2D eigenvalue weighted by Gasteiger charge is 2.09. The number of aliphatic imine (C=N–C) groups is 1. The second-order valence-corrected chi connectivity index (χ2v) is 6.83. The molecule has 0 radical (unpaired) electrons. The van der Waals surface area contributed by atoms with Gasteiger partial charge in [-0.3, -0.25) is 0 Å². The van der Waals surface area contributed by atoms with Gasteiger partial charge in [-0.2, -0.15) is 0 Å². The van der Waals surface area contributed by atoms with Crippen molar-refractivity contribution < 1.29 is 4.42 Å². The number of nitrogens with zero attached hydrogens (tertiary/aromatic N) is 4. The first-order valence-electron chi connectivity index (χ1n) is 8.73. The van der Waals surface area contributed by atoms with Gasteiger partial charge in [0.15, 0.2) is 5.96 Å². The molecule has 0 aliphatic rings. The minimum Gasteiger partial charge on any atom is -0.467 e. The number of hydrogen-bond acceptors (Lipinski definition) is 5. The second-order valence-electron chi connectivity index (χ2n) is 5.85. The summed E-state index contributed by atoms with van der Waals surface area (Å²) in [6.07, 6.45) is 4.30. The van der Waals surface area contributed by atoms with Crippen molar-refractivity contribution in [1.82, 2.24) is 25.4 Å². The minimum absolute atomic E-state index is 0. The topological polar surface area (TPSA) is 80.3 Å². The Kier molecular flexibility index (Phi) is 8.79. The Morgan fingerprint density at radius 3 is 2.96 bits per heavy atom. The lowest BCUT2D eigenvalue weighted by molar-refractivity contribution is 0.511. The summed E-state index contributed by atoms with van der Waals surface area (Å²) in [5, 5.41) is 17.0. The first-order chi connectivity index (χ1) is 12.8. The highest BCUT2D eigenvalue weighted by molar-refractivity contribution is 14.0. The van der Waals surface area contributed by atoms with Crippen molar-refractivity contribution >= 4 is 41.3 Å². The fraction of sp³-hybridized carbons (Fsp3) is 0.389. The zero-order valence-corrected chi connectivity index (χ0v) is 18.6. The summed E-state index contributed by atoms with van der Waals surface area (Å²) in [6, 6.07) is 8.16. The largest absolute Gasteiger partial charge is 0.467 e. The summed E-state index contributed by atoms with van der Waals surface area (Å²) in [7, 11) is 0. The summed E-state index contributed by atoms with van der Waals surface area (Å²) in [6.45, 7) is 6.21. The number of nitrogens with one attached hydrogen (secondary N) is 2. The first-order valence-corrected chi connectivity index (χ1v) is 9.61. The van der Waals surface area contributed by atoms with Crippen LogP contribution in [-0.4, -0.2) is 27.3 Å². The molecule has 3 aromatic heterocycles. The van der Waals surface area contributed by atoms with E-state index in [4.69, 9.17) is 4.42 Å². The number of rotatable bonds is 8. The summed E-state index contributed by atoms with van der Waals surface area (Å²) < 4.78 is 7.43. The monoisotopic (exact) mass is 500 g/mol. The number of hydrogen-bond donors (Lipinski definition) is 2. The smallest absolute Gasteiger partial charge is 0.192 e. The Morgan fingerprint density at radius 2 is 2.26 bits per heavy atom. The molecule has 0 aromatic carbocycles. The fourth-order valence-corrected chi connectivity index (χ4v) is 3.29. The summed E-state index contributed by atoms with van der Waals surface area (Å²) in [4.78, 5) is 5.91. The molecule has 0 fully saturated rings. The van der Waals surface area contributed by atoms with Crippen molar-refractivity contribution in [2.24, 2.45) is 4.99 Å². The van der Waals surface area contributed by atoms with Crippen molar-refractivity contribution in [2.45, 2.75) is 39.4 Å². The van der Waals surface area contributed by atoms with Gasteiger partial charge in [-0.1, -0.05) is 13.0 Å². The van der Waals surface area contributed by atoms with Crippen molar-refractivity contribution in [3.05, 3.63) is 58.7 Å². The van der Waals surface area contributed by atoms with Crippen LogP contribution in [0.25, 0.3) is 0 Å². The van der Waals surface area contributed by atoms with Gasteiger partial charge in [0.2, 0.25) is 0 Å². The van der Waals surface area contributed by atoms with Crippen LogP contribution in [0.2, 0.25) is 0 Å². The molecule has 0 saturated carbocycles. The van der Waals surface area contributed by atoms with Gasteiger partial charge in [0, 0.05) is 24.4 Å². The van der Waals surface area contributed by atoms with Gasteiger partial charge in [-0.25, -0.2) is 4.99 Å². The highest BCUT2D eigenvalue weighted by atomic mass is 127. The van der Waals surface area contributed by atoms with Crippen molar-refractivity contribution in [3.8, 4) is 0 Å². The van der Waals surface area contributed by atoms with Crippen molar-refractivity contribution in [1.29, 1.82) is 0 Å². The highest BCUT2D eigenvalue weighted by Crippen LogP contribution is 2.17. The van der Waals surface area contributed by atoms with E-state index in [1.807, 2.05) is 12.1 Å². The average Bonchev–Trinajstić information content (AvgIpc) is 3.41.